The molecule has 1 aromatic carbocycles. The number of halogens is 2. The first-order chi connectivity index (χ1) is 8.65. The van der Waals surface area contributed by atoms with Gasteiger partial charge in [-0.05, 0) is 48.4 Å². The lowest BCUT2D eigenvalue weighted by atomic mass is 10.0. The van der Waals surface area contributed by atoms with E-state index in [1.165, 1.54) is 10.9 Å². The van der Waals surface area contributed by atoms with E-state index in [0.717, 1.165) is 24.5 Å². The van der Waals surface area contributed by atoms with Crippen LogP contribution >= 0.6 is 11.3 Å². The summed E-state index contributed by atoms with van der Waals surface area (Å²) in [5.41, 5.74) is 6.74. The van der Waals surface area contributed by atoms with Crippen LogP contribution in [0.15, 0.2) is 35.7 Å². The largest absolute Gasteiger partial charge is 0.327 e. The highest BCUT2D eigenvalue weighted by Gasteiger charge is 2.08. The van der Waals surface area contributed by atoms with Crippen molar-refractivity contribution in [2.45, 2.75) is 25.3 Å². The number of hydrogen-bond acceptors (Lipinski definition) is 2. The summed E-state index contributed by atoms with van der Waals surface area (Å²) in [5.74, 6) is -1.62. The van der Waals surface area contributed by atoms with Crippen LogP contribution in [0.4, 0.5) is 8.78 Å². The summed E-state index contributed by atoms with van der Waals surface area (Å²) in [5, 5.41) is 2.04. The van der Waals surface area contributed by atoms with E-state index >= 15 is 0 Å². The predicted octanol–water partition coefficient (Wildman–Crippen LogP) is 3.53. The molecule has 0 aliphatic heterocycles. The second-order valence-corrected chi connectivity index (χ2v) is 5.36. The maximum Gasteiger partial charge on any atom is 0.159 e. The molecule has 1 aromatic heterocycles. The van der Waals surface area contributed by atoms with E-state index < -0.39 is 11.6 Å². The first-order valence-corrected chi connectivity index (χ1v) is 6.75. The first kappa shape index (κ1) is 13.2. The van der Waals surface area contributed by atoms with Gasteiger partial charge in [0.25, 0.3) is 0 Å². The standard InChI is InChI=1S/C14H15F2NS/c15-13-6-3-10(9-14(13)16)8-11(17)4-5-12-2-1-7-18-12/h1-3,6-7,9,11H,4-5,8,17H2. The van der Waals surface area contributed by atoms with Gasteiger partial charge in [0.2, 0.25) is 0 Å². The molecule has 0 radical (unpaired) electrons. The van der Waals surface area contributed by atoms with Crippen LogP contribution in [0.25, 0.3) is 0 Å². The zero-order valence-corrected chi connectivity index (χ0v) is 10.7. The molecule has 4 heteroatoms. The van der Waals surface area contributed by atoms with Crippen molar-refractivity contribution < 1.29 is 8.78 Å². The quantitative estimate of drug-likeness (QED) is 0.881. The van der Waals surface area contributed by atoms with Crippen LogP contribution in [0.5, 0.6) is 0 Å². The third-order valence-electron chi connectivity index (χ3n) is 2.82. The summed E-state index contributed by atoms with van der Waals surface area (Å²) in [6.07, 6.45) is 2.35. The van der Waals surface area contributed by atoms with E-state index in [1.807, 2.05) is 11.4 Å². The maximum atomic E-state index is 13.0. The average Bonchev–Trinajstić information content (AvgIpc) is 2.84. The summed E-state index contributed by atoms with van der Waals surface area (Å²) >= 11 is 1.71. The molecule has 2 aromatic rings. The fraction of sp³-hybridized carbons (Fsp3) is 0.286. The third kappa shape index (κ3) is 3.62. The van der Waals surface area contributed by atoms with Crippen LogP contribution in [0, 0.1) is 11.6 Å². The summed E-state index contributed by atoms with van der Waals surface area (Å²) in [4.78, 5) is 1.30. The molecule has 0 fully saturated rings. The summed E-state index contributed by atoms with van der Waals surface area (Å²) in [6, 6.07) is 8.02. The van der Waals surface area contributed by atoms with Crippen molar-refractivity contribution in [2.75, 3.05) is 0 Å². The Hall–Kier alpha value is -1.26. The monoisotopic (exact) mass is 267 g/mol. The zero-order valence-electron chi connectivity index (χ0n) is 9.90. The van der Waals surface area contributed by atoms with Crippen molar-refractivity contribution in [3.05, 3.63) is 57.8 Å². The SMILES string of the molecule is NC(CCc1cccs1)Cc1ccc(F)c(F)c1. The molecular weight excluding hydrogens is 252 g/mol. The minimum absolute atomic E-state index is 0.0306. The molecule has 0 aliphatic carbocycles. The van der Waals surface area contributed by atoms with Crippen LogP contribution in [0.3, 0.4) is 0 Å². The number of benzene rings is 1. The second kappa shape index (κ2) is 6.07. The number of rotatable bonds is 5. The highest BCUT2D eigenvalue weighted by Crippen LogP contribution is 2.14. The minimum Gasteiger partial charge on any atom is -0.327 e. The molecule has 18 heavy (non-hydrogen) atoms. The van der Waals surface area contributed by atoms with Gasteiger partial charge in [0.05, 0.1) is 0 Å². The molecule has 96 valence electrons. The molecule has 0 saturated carbocycles. The smallest absolute Gasteiger partial charge is 0.159 e. The van der Waals surface area contributed by atoms with Crippen LogP contribution in [0.2, 0.25) is 0 Å². The summed E-state index contributed by atoms with van der Waals surface area (Å²) in [6.45, 7) is 0. The molecule has 1 nitrogen and oxygen atoms in total. The highest BCUT2D eigenvalue weighted by atomic mass is 32.1. The minimum atomic E-state index is -0.814. The molecule has 1 atom stereocenters. The number of hydrogen-bond donors (Lipinski definition) is 1. The number of nitrogens with two attached hydrogens (primary N) is 1. The normalized spacial score (nSPS) is 12.6. The van der Waals surface area contributed by atoms with Gasteiger partial charge in [-0.1, -0.05) is 12.1 Å². The second-order valence-electron chi connectivity index (χ2n) is 4.33. The van der Waals surface area contributed by atoms with Gasteiger partial charge < -0.3 is 5.73 Å². The van der Waals surface area contributed by atoms with Crippen molar-refractivity contribution in [3.63, 3.8) is 0 Å². The lowest BCUT2D eigenvalue weighted by molar-refractivity contribution is 0.505. The molecule has 1 unspecified atom stereocenters. The summed E-state index contributed by atoms with van der Waals surface area (Å²) < 4.78 is 25.8. The lowest BCUT2D eigenvalue weighted by Gasteiger charge is -2.11. The molecular formula is C14H15F2NS. The van der Waals surface area contributed by atoms with Gasteiger partial charge in [-0.25, -0.2) is 8.78 Å². The Morgan fingerprint density at radius 1 is 1.17 bits per heavy atom. The van der Waals surface area contributed by atoms with Gasteiger partial charge >= 0.3 is 0 Å². The van der Waals surface area contributed by atoms with Gasteiger partial charge in [-0.15, -0.1) is 11.3 Å². The molecule has 0 bridgehead atoms. The Kier molecular flexibility index (Phi) is 4.44. The van der Waals surface area contributed by atoms with Crippen LogP contribution in [-0.2, 0) is 12.8 Å². The maximum absolute atomic E-state index is 13.0. The molecule has 1 heterocycles. The fourth-order valence-corrected chi connectivity index (χ4v) is 2.58. The van der Waals surface area contributed by atoms with Gasteiger partial charge in [0.15, 0.2) is 11.6 Å². The third-order valence-corrected chi connectivity index (χ3v) is 3.76. The lowest BCUT2D eigenvalue weighted by Crippen LogP contribution is -2.23. The van der Waals surface area contributed by atoms with E-state index in [-0.39, 0.29) is 6.04 Å². The summed E-state index contributed by atoms with van der Waals surface area (Å²) in [7, 11) is 0. The Morgan fingerprint density at radius 2 is 2.00 bits per heavy atom. The van der Waals surface area contributed by atoms with E-state index in [1.54, 1.807) is 17.4 Å². The molecule has 0 amide bonds. The Labute approximate surface area is 109 Å². The van der Waals surface area contributed by atoms with Gasteiger partial charge in [0.1, 0.15) is 0 Å². The van der Waals surface area contributed by atoms with Crippen molar-refractivity contribution in [1.29, 1.82) is 0 Å². The molecule has 2 rings (SSSR count). The Morgan fingerprint density at radius 3 is 2.67 bits per heavy atom. The van der Waals surface area contributed by atoms with E-state index in [2.05, 4.69) is 6.07 Å². The highest BCUT2D eigenvalue weighted by molar-refractivity contribution is 7.09. The average molecular weight is 267 g/mol. The molecule has 0 aliphatic rings. The van der Waals surface area contributed by atoms with Crippen molar-refractivity contribution in [2.24, 2.45) is 5.73 Å². The van der Waals surface area contributed by atoms with Crippen LogP contribution in [0.1, 0.15) is 16.9 Å². The first-order valence-electron chi connectivity index (χ1n) is 5.87. The number of aryl methyl sites for hydroxylation is 1. The number of thiophene rings is 1. The van der Waals surface area contributed by atoms with Crippen LogP contribution in [-0.4, -0.2) is 6.04 Å². The van der Waals surface area contributed by atoms with E-state index in [0.29, 0.717) is 6.42 Å². The van der Waals surface area contributed by atoms with Crippen molar-refractivity contribution in [1.82, 2.24) is 0 Å². The topological polar surface area (TPSA) is 26.0 Å². The molecule has 0 saturated heterocycles. The predicted molar refractivity (Wildman–Crippen MR) is 70.7 cm³/mol. The van der Waals surface area contributed by atoms with Gasteiger partial charge in [-0.2, -0.15) is 0 Å². The van der Waals surface area contributed by atoms with Gasteiger partial charge in [-0.3, -0.25) is 0 Å². The zero-order chi connectivity index (χ0) is 13.0. The Bertz CT molecular complexity index is 497. The van der Waals surface area contributed by atoms with Gasteiger partial charge in [0, 0.05) is 10.9 Å². The van der Waals surface area contributed by atoms with E-state index in [4.69, 9.17) is 5.73 Å². The Balaban J connectivity index is 1.86. The molecule has 0 spiro atoms. The fourth-order valence-electron chi connectivity index (χ4n) is 1.85. The van der Waals surface area contributed by atoms with E-state index in [9.17, 15) is 8.78 Å². The van der Waals surface area contributed by atoms with Crippen molar-refractivity contribution in [3.8, 4) is 0 Å². The van der Waals surface area contributed by atoms with Crippen molar-refractivity contribution >= 4 is 11.3 Å². The van der Waals surface area contributed by atoms with Crippen LogP contribution < -0.4 is 5.73 Å². The molecule has 2 N–H and O–H groups in total.